The maximum atomic E-state index is 5.46. The monoisotopic (exact) mass is 134 g/mol. The van der Waals surface area contributed by atoms with Crippen molar-refractivity contribution >= 4 is 17.0 Å². The van der Waals surface area contributed by atoms with Gasteiger partial charge in [0.15, 0.2) is 5.65 Å². The Balaban J connectivity index is 2.88. The smallest absolute Gasteiger partial charge is 0.157 e. The van der Waals surface area contributed by atoms with Crippen LogP contribution in [0.3, 0.4) is 0 Å². The SMILES string of the molecule is Nc1cc2nccnc2[nH]1. The third-order valence-electron chi connectivity index (χ3n) is 1.28. The summed E-state index contributed by atoms with van der Waals surface area (Å²) in [7, 11) is 0. The molecule has 0 aliphatic carbocycles. The average Bonchev–Trinajstić information content (AvgIpc) is 2.27. The second-order valence-corrected chi connectivity index (χ2v) is 2.01. The Bertz CT molecular complexity index is 318. The summed E-state index contributed by atoms with van der Waals surface area (Å²) in [6.45, 7) is 0. The zero-order valence-corrected chi connectivity index (χ0v) is 5.20. The number of hydrogen-bond donors (Lipinski definition) is 2. The molecule has 0 aliphatic rings. The van der Waals surface area contributed by atoms with Crippen LogP contribution in [0, 0.1) is 0 Å². The number of nitrogens with zero attached hydrogens (tertiary/aromatic N) is 2. The summed E-state index contributed by atoms with van der Waals surface area (Å²) in [4.78, 5) is 10.9. The van der Waals surface area contributed by atoms with Gasteiger partial charge in [-0.15, -0.1) is 0 Å². The molecule has 0 atom stereocenters. The minimum Gasteiger partial charge on any atom is -0.385 e. The molecule has 0 amide bonds. The van der Waals surface area contributed by atoms with Crippen LogP contribution < -0.4 is 5.73 Å². The topological polar surface area (TPSA) is 67.6 Å². The zero-order chi connectivity index (χ0) is 6.97. The Kier molecular flexibility index (Phi) is 0.887. The fourth-order valence-electron chi connectivity index (χ4n) is 0.871. The molecule has 0 saturated carbocycles. The largest absolute Gasteiger partial charge is 0.385 e. The predicted octanol–water partition coefficient (Wildman–Crippen LogP) is 0.540. The fraction of sp³-hybridized carbons (Fsp3) is 0. The van der Waals surface area contributed by atoms with Gasteiger partial charge in [0.2, 0.25) is 0 Å². The molecule has 2 aromatic rings. The van der Waals surface area contributed by atoms with Crippen molar-refractivity contribution in [1.82, 2.24) is 15.0 Å². The highest BCUT2D eigenvalue weighted by Gasteiger charge is 1.96. The molecule has 4 nitrogen and oxygen atoms in total. The number of aromatic nitrogens is 3. The van der Waals surface area contributed by atoms with Crippen LogP contribution in [0.4, 0.5) is 5.82 Å². The second kappa shape index (κ2) is 1.70. The lowest BCUT2D eigenvalue weighted by Gasteiger charge is -1.82. The van der Waals surface area contributed by atoms with Gasteiger partial charge in [0.1, 0.15) is 11.3 Å². The van der Waals surface area contributed by atoms with Crippen LogP contribution in [-0.4, -0.2) is 15.0 Å². The van der Waals surface area contributed by atoms with Crippen LogP contribution in [0.5, 0.6) is 0 Å². The predicted molar refractivity (Wildman–Crippen MR) is 38.3 cm³/mol. The molecule has 4 heteroatoms. The molecular formula is C6H6N4. The van der Waals surface area contributed by atoms with E-state index < -0.39 is 0 Å². The lowest BCUT2D eigenvalue weighted by molar-refractivity contribution is 1.26. The van der Waals surface area contributed by atoms with Gasteiger partial charge in [-0.3, -0.25) is 4.98 Å². The number of nitrogens with two attached hydrogens (primary N) is 1. The quantitative estimate of drug-likeness (QED) is 0.552. The first-order valence-electron chi connectivity index (χ1n) is 2.91. The minimum absolute atomic E-state index is 0.598. The first kappa shape index (κ1) is 5.22. The number of fused-ring (bicyclic) bond motifs is 1. The summed E-state index contributed by atoms with van der Waals surface area (Å²) in [6, 6.07) is 1.75. The van der Waals surface area contributed by atoms with Gasteiger partial charge in [0.25, 0.3) is 0 Å². The zero-order valence-electron chi connectivity index (χ0n) is 5.20. The summed E-state index contributed by atoms with van der Waals surface area (Å²) in [6.07, 6.45) is 3.26. The summed E-state index contributed by atoms with van der Waals surface area (Å²) in [5, 5.41) is 0. The molecule has 2 rings (SSSR count). The van der Waals surface area contributed by atoms with Crippen LogP contribution >= 0.6 is 0 Å². The van der Waals surface area contributed by atoms with Crippen molar-refractivity contribution in [1.29, 1.82) is 0 Å². The minimum atomic E-state index is 0.598. The van der Waals surface area contributed by atoms with Crippen molar-refractivity contribution in [3.05, 3.63) is 18.5 Å². The van der Waals surface area contributed by atoms with Crippen LogP contribution in [0.1, 0.15) is 0 Å². The van der Waals surface area contributed by atoms with Gasteiger partial charge in [-0.2, -0.15) is 0 Å². The van der Waals surface area contributed by atoms with Gasteiger partial charge in [-0.25, -0.2) is 4.98 Å². The number of nitrogens with one attached hydrogen (secondary N) is 1. The van der Waals surface area contributed by atoms with Gasteiger partial charge in [-0.05, 0) is 0 Å². The van der Waals surface area contributed by atoms with E-state index in [1.165, 1.54) is 0 Å². The van der Waals surface area contributed by atoms with Crippen LogP contribution in [0.2, 0.25) is 0 Å². The lowest BCUT2D eigenvalue weighted by Crippen LogP contribution is -1.81. The number of H-pyrrole nitrogens is 1. The fourth-order valence-corrected chi connectivity index (χ4v) is 0.871. The van der Waals surface area contributed by atoms with Gasteiger partial charge in [-0.1, -0.05) is 0 Å². The molecule has 2 aromatic heterocycles. The van der Waals surface area contributed by atoms with Gasteiger partial charge < -0.3 is 10.7 Å². The lowest BCUT2D eigenvalue weighted by atomic mass is 10.5. The van der Waals surface area contributed by atoms with E-state index in [-0.39, 0.29) is 0 Å². The summed E-state index contributed by atoms with van der Waals surface area (Å²) < 4.78 is 0. The van der Waals surface area contributed by atoms with Gasteiger partial charge >= 0.3 is 0 Å². The summed E-state index contributed by atoms with van der Waals surface area (Å²) >= 11 is 0. The first-order valence-corrected chi connectivity index (χ1v) is 2.91. The number of rotatable bonds is 0. The van der Waals surface area contributed by atoms with E-state index in [0.717, 1.165) is 11.2 Å². The van der Waals surface area contributed by atoms with Crippen molar-refractivity contribution in [2.24, 2.45) is 0 Å². The number of hydrogen-bond acceptors (Lipinski definition) is 3. The number of anilines is 1. The maximum Gasteiger partial charge on any atom is 0.157 e. The summed E-state index contributed by atoms with van der Waals surface area (Å²) in [5.41, 5.74) is 7.00. The summed E-state index contributed by atoms with van der Waals surface area (Å²) in [5.74, 6) is 0.598. The van der Waals surface area contributed by atoms with E-state index in [0.29, 0.717) is 5.82 Å². The number of aromatic amines is 1. The molecule has 0 radical (unpaired) electrons. The number of nitrogen functional groups attached to an aromatic ring is 1. The molecule has 0 bridgehead atoms. The van der Waals surface area contributed by atoms with Crippen LogP contribution in [0.25, 0.3) is 11.2 Å². The Morgan fingerprint density at radius 2 is 2.10 bits per heavy atom. The van der Waals surface area contributed by atoms with Crippen molar-refractivity contribution in [3.8, 4) is 0 Å². The molecule has 0 saturated heterocycles. The first-order chi connectivity index (χ1) is 4.86. The molecule has 50 valence electrons. The molecule has 0 fully saturated rings. The molecule has 10 heavy (non-hydrogen) atoms. The van der Waals surface area contributed by atoms with E-state index in [1.807, 2.05) is 0 Å². The highest BCUT2D eigenvalue weighted by atomic mass is 15.0. The molecule has 0 aliphatic heterocycles. The molecule has 2 heterocycles. The average molecular weight is 134 g/mol. The molecule has 0 aromatic carbocycles. The van der Waals surface area contributed by atoms with Crippen molar-refractivity contribution < 1.29 is 0 Å². The Hall–Kier alpha value is -1.58. The molecular weight excluding hydrogens is 128 g/mol. The van der Waals surface area contributed by atoms with Crippen LogP contribution in [-0.2, 0) is 0 Å². The van der Waals surface area contributed by atoms with E-state index in [1.54, 1.807) is 18.5 Å². The van der Waals surface area contributed by atoms with Gasteiger partial charge in [0, 0.05) is 18.5 Å². The Morgan fingerprint density at radius 3 is 2.90 bits per heavy atom. The van der Waals surface area contributed by atoms with E-state index in [4.69, 9.17) is 5.73 Å². The van der Waals surface area contributed by atoms with Gasteiger partial charge in [0.05, 0.1) is 0 Å². The normalized spacial score (nSPS) is 10.4. The highest BCUT2D eigenvalue weighted by Crippen LogP contribution is 2.09. The maximum absolute atomic E-state index is 5.46. The van der Waals surface area contributed by atoms with E-state index in [2.05, 4.69) is 15.0 Å². The Labute approximate surface area is 57.1 Å². The van der Waals surface area contributed by atoms with Crippen molar-refractivity contribution in [3.63, 3.8) is 0 Å². The molecule has 0 unspecified atom stereocenters. The van der Waals surface area contributed by atoms with Crippen molar-refractivity contribution in [2.75, 3.05) is 5.73 Å². The molecule has 0 spiro atoms. The van der Waals surface area contributed by atoms with E-state index in [9.17, 15) is 0 Å². The Morgan fingerprint density at radius 1 is 1.30 bits per heavy atom. The standard InChI is InChI=1S/C6H6N4/c7-5-3-4-6(10-5)9-2-1-8-4/h1-3H,7H2,(H,9,10). The third-order valence-corrected chi connectivity index (χ3v) is 1.28. The van der Waals surface area contributed by atoms with Crippen molar-refractivity contribution in [2.45, 2.75) is 0 Å². The van der Waals surface area contributed by atoms with E-state index >= 15 is 0 Å². The highest BCUT2D eigenvalue weighted by molar-refractivity contribution is 5.74. The third kappa shape index (κ3) is 0.621. The molecule has 3 N–H and O–H groups in total. The second-order valence-electron chi connectivity index (χ2n) is 2.01. The van der Waals surface area contributed by atoms with Crippen LogP contribution in [0.15, 0.2) is 18.5 Å².